The lowest BCUT2D eigenvalue weighted by Gasteiger charge is -1.91. The van der Waals surface area contributed by atoms with E-state index >= 15 is 0 Å². The number of rotatable bonds is 0. The fourth-order valence-corrected chi connectivity index (χ4v) is 1.12. The minimum atomic E-state index is 1.24. The second-order valence-corrected chi connectivity index (χ2v) is 2.47. The third-order valence-corrected chi connectivity index (χ3v) is 1.70. The van der Waals surface area contributed by atoms with Gasteiger partial charge in [-0.05, 0) is 11.1 Å². The van der Waals surface area contributed by atoms with Gasteiger partial charge in [-0.1, -0.05) is 36.5 Å². The Morgan fingerprint density at radius 2 is 1.27 bits per heavy atom. The van der Waals surface area contributed by atoms with Crippen LogP contribution in [0.5, 0.6) is 0 Å². The molecule has 0 aromatic carbocycles. The third-order valence-electron chi connectivity index (χ3n) is 1.70. The maximum atomic E-state index is 3.07. The van der Waals surface area contributed by atoms with Gasteiger partial charge in [-0.3, -0.25) is 0 Å². The number of allylic oxidation sites excluding steroid dienone is 4. The zero-order valence-corrected chi connectivity index (χ0v) is 6.12. The largest absolute Gasteiger partial charge is 0.366 e. The number of fused-ring (bicyclic) bond motifs is 1. The van der Waals surface area contributed by atoms with Gasteiger partial charge in [0.25, 0.3) is 0 Å². The van der Waals surface area contributed by atoms with E-state index in [2.05, 4.69) is 17.1 Å². The fourth-order valence-electron chi connectivity index (χ4n) is 1.12. The molecule has 11 heavy (non-hydrogen) atoms. The fraction of sp³-hybridized carbons (Fsp3) is 0. The Kier molecular flexibility index (Phi) is 1.48. The Balaban J connectivity index is 2.52. The molecule has 1 heterocycles. The molecule has 1 nitrogen and oxygen atoms in total. The van der Waals surface area contributed by atoms with Crippen LogP contribution in [0.2, 0.25) is 0 Å². The van der Waals surface area contributed by atoms with Crippen molar-refractivity contribution in [3.63, 3.8) is 0 Å². The predicted octanol–water partition coefficient (Wildman–Crippen LogP) is 2.61. The molecule has 0 bridgehead atoms. The first-order chi connectivity index (χ1) is 5.47. The van der Waals surface area contributed by atoms with Crippen LogP contribution in [0.1, 0.15) is 11.1 Å². The van der Waals surface area contributed by atoms with E-state index in [9.17, 15) is 0 Å². The smallest absolute Gasteiger partial charge is 0.00843 e. The summed E-state index contributed by atoms with van der Waals surface area (Å²) in [4.78, 5) is 3.07. The Morgan fingerprint density at radius 1 is 0.727 bits per heavy atom. The molecule has 0 fully saturated rings. The molecule has 0 amide bonds. The second kappa shape index (κ2) is 2.62. The zero-order valence-electron chi connectivity index (χ0n) is 6.12. The Hall–Kier alpha value is -1.50. The summed E-state index contributed by atoms with van der Waals surface area (Å²) in [5.41, 5.74) is 2.48. The summed E-state index contributed by atoms with van der Waals surface area (Å²) < 4.78 is 0. The Labute approximate surface area is 65.8 Å². The van der Waals surface area contributed by atoms with E-state index in [0.717, 1.165) is 0 Å². The quantitative estimate of drug-likeness (QED) is 0.574. The maximum absolute atomic E-state index is 3.07. The molecule has 1 heteroatoms. The number of aromatic nitrogens is 1. The first-order valence-corrected chi connectivity index (χ1v) is 3.65. The number of hydrogen-bond donors (Lipinski definition) is 1. The van der Waals surface area contributed by atoms with Crippen LogP contribution in [0.3, 0.4) is 0 Å². The first kappa shape index (κ1) is 6.23. The molecule has 0 saturated heterocycles. The van der Waals surface area contributed by atoms with Crippen molar-refractivity contribution < 1.29 is 0 Å². The monoisotopic (exact) mass is 143 g/mol. The lowest BCUT2D eigenvalue weighted by atomic mass is 10.1. The number of nitrogens with one attached hydrogen (secondary N) is 1. The lowest BCUT2D eigenvalue weighted by Crippen LogP contribution is -1.71. The summed E-state index contributed by atoms with van der Waals surface area (Å²) in [6.07, 6.45) is 16.3. The van der Waals surface area contributed by atoms with Gasteiger partial charge >= 0.3 is 0 Å². The normalized spacial score (nSPS) is 14.2. The Morgan fingerprint density at radius 3 is 1.82 bits per heavy atom. The lowest BCUT2D eigenvalue weighted by molar-refractivity contribution is 1.41. The highest BCUT2D eigenvalue weighted by Gasteiger charge is 1.95. The third kappa shape index (κ3) is 1.17. The van der Waals surface area contributed by atoms with E-state index in [1.165, 1.54) is 11.1 Å². The van der Waals surface area contributed by atoms with E-state index in [1.807, 2.05) is 36.7 Å². The number of aromatic amines is 1. The summed E-state index contributed by atoms with van der Waals surface area (Å²) in [5, 5.41) is 0. The van der Waals surface area contributed by atoms with Gasteiger partial charge in [-0.25, -0.2) is 0 Å². The van der Waals surface area contributed by atoms with Gasteiger partial charge in [0.15, 0.2) is 0 Å². The van der Waals surface area contributed by atoms with Crippen LogP contribution < -0.4 is 0 Å². The minimum absolute atomic E-state index is 1.24. The molecule has 1 N–H and O–H groups in total. The van der Waals surface area contributed by atoms with Crippen molar-refractivity contribution in [2.75, 3.05) is 0 Å². The van der Waals surface area contributed by atoms with Gasteiger partial charge in [0.05, 0.1) is 0 Å². The molecule has 0 atom stereocenters. The van der Waals surface area contributed by atoms with Gasteiger partial charge < -0.3 is 4.98 Å². The van der Waals surface area contributed by atoms with Crippen molar-refractivity contribution in [2.24, 2.45) is 0 Å². The predicted molar refractivity (Wildman–Crippen MR) is 48.0 cm³/mol. The molecule has 1 aromatic rings. The minimum Gasteiger partial charge on any atom is -0.366 e. The van der Waals surface area contributed by atoms with Crippen molar-refractivity contribution in [1.29, 1.82) is 0 Å². The van der Waals surface area contributed by atoms with Crippen LogP contribution in [0.25, 0.3) is 12.2 Å². The van der Waals surface area contributed by atoms with Crippen molar-refractivity contribution in [3.05, 3.63) is 47.8 Å². The van der Waals surface area contributed by atoms with Gasteiger partial charge in [0.1, 0.15) is 0 Å². The van der Waals surface area contributed by atoms with Crippen LogP contribution in [0.15, 0.2) is 36.7 Å². The van der Waals surface area contributed by atoms with Crippen LogP contribution >= 0.6 is 0 Å². The molecule has 0 unspecified atom stereocenters. The molecule has 0 aliphatic heterocycles. The molecule has 0 spiro atoms. The van der Waals surface area contributed by atoms with Gasteiger partial charge in [-0.2, -0.15) is 0 Å². The highest BCUT2D eigenvalue weighted by Crippen LogP contribution is 2.13. The molecule has 0 radical (unpaired) electrons. The first-order valence-electron chi connectivity index (χ1n) is 3.65. The molecule has 1 aliphatic rings. The van der Waals surface area contributed by atoms with E-state index in [1.54, 1.807) is 0 Å². The van der Waals surface area contributed by atoms with Gasteiger partial charge in [0, 0.05) is 12.4 Å². The number of H-pyrrole nitrogens is 1. The van der Waals surface area contributed by atoms with Crippen LogP contribution in [0, 0.1) is 0 Å². The van der Waals surface area contributed by atoms with Gasteiger partial charge in [0.2, 0.25) is 0 Å². The van der Waals surface area contributed by atoms with Gasteiger partial charge in [-0.15, -0.1) is 0 Å². The zero-order chi connectivity index (χ0) is 7.52. The summed E-state index contributed by atoms with van der Waals surface area (Å²) in [6.45, 7) is 0. The van der Waals surface area contributed by atoms with Crippen molar-refractivity contribution in [2.45, 2.75) is 0 Å². The molecule has 1 aliphatic carbocycles. The van der Waals surface area contributed by atoms with Crippen LogP contribution in [-0.4, -0.2) is 4.98 Å². The van der Waals surface area contributed by atoms with E-state index in [0.29, 0.717) is 0 Å². The van der Waals surface area contributed by atoms with E-state index in [-0.39, 0.29) is 0 Å². The molecular weight excluding hydrogens is 134 g/mol. The highest BCUT2D eigenvalue weighted by molar-refractivity contribution is 5.67. The molecular formula is C10H9N. The average Bonchev–Trinajstić information content (AvgIpc) is 2.35. The molecule has 2 rings (SSSR count). The molecule has 1 aromatic heterocycles. The SMILES string of the molecule is C1=CC=Cc2c[nH]cc2C=C1. The summed E-state index contributed by atoms with van der Waals surface area (Å²) in [6, 6.07) is 0. The summed E-state index contributed by atoms with van der Waals surface area (Å²) in [7, 11) is 0. The second-order valence-electron chi connectivity index (χ2n) is 2.47. The highest BCUT2D eigenvalue weighted by atomic mass is 14.6. The van der Waals surface area contributed by atoms with Crippen LogP contribution in [0.4, 0.5) is 0 Å². The van der Waals surface area contributed by atoms with Crippen molar-refractivity contribution in [3.8, 4) is 0 Å². The molecule has 54 valence electrons. The summed E-state index contributed by atoms with van der Waals surface area (Å²) in [5.74, 6) is 0. The summed E-state index contributed by atoms with van der Waals surface area (Å²) >= 11 is 0. The topological polar surface area (TPSA) is 15.8 Å². The average molecular weight is 143 g/mol. The standard InChI is InChI=1S/C10H9N/c1-2-4-6-10-8-11-7-9(10)5-3-1/h1-8,11H. The molecule has 0 saturated carbocycles. The maximum Gasteiger partial charge on any atom is 0.00843 e. The van der Waals surface area contributed by atoms with Crippen LogP contribution in [-0.2, 0) is 0 Å². The van der Waals surface area contributed by atoms with E-state index in [4.69, 9.17) is 0 Å². The number of hydrogen-bond acceptors (Lipinski definition) is 0. The Bertz CT molecular complexity index is 296. The van der Waals surface area contributed by atoms with Crippen molar-refractivity contribution in [1.82, 2.24) is 4.98 Å². The van der Waals surface area contributed by atoms with Crippen molar-refractivity contribution >= 4 is 12.2 Å². The van der Waals surface area contributed by atoms with E-state index < -0.39 is 0 Å².